The number of rotatable bonds is 7. The van der Waals surface area contributed by atoms with Crippen molar-refractivity contribution in [2.24, 2.45) is 5.73 Å². The van der Waals surface area contributed by atoms with Gasteiger partial charge in [-0.3, -0.25) is 4.79 Å². The summed E-state index contributed by atoms with van der Waals surface area (Å²) in [6.07, 6.45) is -2.43. The lowest BCUT2D eigenvalue weighted by atomic mass is 10.1. The van der Waals surface area contributed by atoms with Crippen molar-refractivity contribution in [2.45, 2.75) is 32.4 Å². The van der Waals surface area contributed by atoms with Crippen molar-refractivity contribution >= 4 is 5.91 Å². The number of benzene rings is 1. The molecule has 1 rings (SSSR count). The van der Waals surface area contributed by atoms with E-state index in [4.69, 9.17) is 5.73 Å². The first-order valence-electron chi connectivity index (χ1n) is 7.02. The van der Waals surface area contributed by atoms with Gasteiger partial charge in [-0.15, -0.1) is 0 Å². The average molecular weight is 302 g/mol. The molecule has 0 radical (unpaired) electrons. The van der Waals surface area contributed by atoms with Crippen LogP contribution in [0.25, 0.3) is 0 Å². The molecule has 21 heavy (non-hydrogen) atoms. The lowest BCUT2D eigenvalue weighted by Gasteiger charge is -2.24. The second-order valence-corrected chi connectivity index (χ2v) is 4.93. The molecule has 0 saturated heterocycles. The van der Waals surface area contributed by atoms with Gasteiger partial charge in [-0.25, -0.2) is 0 Å². The van der Waals surface area contributed by atoms with E-state index in [0.717, 1.165) is 16.9 Å². The van der Waals surface area contributed by atoms with Gasteiger partial charge in [-0.2, -0.15) is 13.2 Å². The summed E-state index contributed by atoms with van der Waals surface area (Å²) in [6.45, 7) is 1.26. The van der Waals surface area contributed by atoms with Crippen LogP contribution in [-0.2, 0) is 6.42 Å². The second-order valence-electron chi connectivity index (χ2n) is 4.93. The Kier molecular flexibility index (Phi) is 6.68. The molecule has 0 aliphatic carbocycles. The van der Waals surface area contributed by atoms with E-state index in [9.17, 15) is 18.0 Å². The van der Waals surface area contributed by atoms with E-state index >= 15 is 0 Å². The van der Waals surface area contributed by atoms with Gasteiger partial charge in [0.25, 0.3) is 5.91 Å². The third-order valence-electron chi connectivity index (χ3n) is 3.07. The summed E-state index contributed by atoms with van der Waals surface area (Å²) in [6, 6.07) is 6.57. The maximum absolute atomic E-state index is 12.6. The largest absolute Gasteiger partial charge is 0.406 e. The van der Waals surface area contributed by atoms with E-state index in [1.54, 1.807) is 24.3 Å². The lowest BCUT2D eigenvalue weighted by Crippen LogP contribution is -2.39. The Balaban J connectivity index is 2.82. The van der Waals surface area contributed by atoms with Crippen LogP contribution in [0.4, 0.5) is 13.2 Å². The van der Waals surface area contributed by atoms with Crippen LogP contribution < -0.4 is 5.73 Å². The summed E-state index contributed by atoms with van der Waals surface area (Å²) >= 11 is 0. The van der Waals surface area contributed by atoms with E-state index in [1.165, 1.54) is 0 Å². The third-order valence-corrected chi connectivity index (χ3v) is 3.07. The summed E-state index contributed by atoms with van der Waals surface area (Å²) in [5.74, 6) is -0.583. The van der Waals surface area contributed by atoms with Crippen molar-refractivity contribution in [1.82, 2.24) is 4.90 Å². The third kappa shape index (κ3) is 6.16. The molecule has 2 N–H and O–H groups in total. The van der Waals surface area contributed by atoms with E-state index in [-0.39, 0.29) is 12.1 Å². The van der Waals surface area contributed by atoms with Crippen LogP contribution in [-0.4, -0.2) is 36.6 Å². The fourth-order valence-electron chi connectivity index (χ4n) is 1.98. The number of nitrogens with zero attached hydrogens (tertiary/aromatic N) is 1. The normalized spacial score (nSPS) is 11.5. The van der Waals surface area contributed by atoms with Gasteiger partial charge in [0.2, 0.25) is 0 Å². The molecule has 6 heteroatoms. The first-order valence-corrected chi connectivity index (χ1v) is 7.02. The zero-order valence-electron chi connectivity index (χ0n) is 12.1. The zero-order valence-corrected chi connectivity index (χ0v) is 12.1. The van der Waals surface area contributed by atoms with E-state index in [0.29, 0.717) is 19.4 Å². The van der Waals surface area contributed by atoms with Gasteiger partial charge in [0, 0.05) is 12.1 Å². The summed E-state index contributed by atoms with van der Waals surface area (Å²) < 4.78 is 37.7. The summed E-state index contributed by atoms with van der Waals surface area (Å²) in [5, 5.41) is 0. The van der Waals surface area contributed by atoms with Crippen LogP contribution in [0.2, 0.25) is 0 Å². The minimum Gasteiger partial charge on any atom is -0.330 e. The molecule has 118 valence electrons. The highest BCUT2D eigenvalue weighted by atomic mass is 19.4. The number of hydrogen-bond acceptors (Lipinski definition) is 2. The van der Waals surface area contributed by atoms with Crippen molar-refractivity contribution in [1.29, 1.82) is 0 Å². The highest BCUT2D eigenvalue weighted by molar-refractivity contribution is 5.94. The fraction of sp³-hybridized carbons (Fsp3) is 0.533. The molecular weight excluding hydrogens is 281 g/mol. The molecule has 0 fully saturated rings. The average Bonchev–Trinajstić information content (AvgIpc) is 2.43. The van der Waals surface area contributed by atoms with Gasteiger partial charge in [0.1, 0.15) is 6.54 Å². The van der Waals surface area contributed by atoms with E-state index < -0.39 is 18.6 Å². The number of carbonyl (C=O) groups is 1. The van der Waals surface area contributed by atoms with Gasteiger partial charge >= 0.3 is 6.18 Å². The minimum atomic E-state index is -4.39. The summed E-state index contributed by atoms with van der Waals surface area (Å²) in [7, 11) is 0. The SMILES string of the molecule is CCCCN(CC(F)(F)F)C(=O)c1ccc(CCN)cc1. The van der Waals surface area contributed by atoms with Crippen molar-refractivity contribution in [3.8, 4) is 0 Å². The number of nitrogens with two attached hydrogens (primary N) is 1. The Labute approximate surface area is 122 Å². The number of hydrogen-bond donors (Lipinski definition) is 1. The molecule has 0 aliphatic rings. The van der Waals surface area contributed by atoms with Gasteiger partial charge in [0.05, 0.1) is 0 Å². The molecule has 0 aromatic heterocycles. The van der Waals surface area contributed by atoms with Crippen LogP contribution in [0.3, 0.4) is 0 Å². The monoisotopic (exact) mass is 302 g/mol. The first kappa shape index (κ1) is 17.5. The van der Waals surface area contributed by atoms with Crippen LogP contribution in [0.15, 0.2) is 24.3 Å². The topological polar surface area (TPSA) is 46.3 Å². The summed E-state index contributed by atoms with van der Waals surface area (Å²) in [5.41, 5.74) is 6.67. The lowest BCUT2D eigenvalue weighted by molar-refractivity contribution is -0.140. The molecule has 1 aromatic carbocycles. The Morgan fingerprint density at radius 3 is 2.33 bits per heavy atom. The molecule has 1 aromatic rings. The maximum Gasteiger partial charge on any atom is 0.406 e. The van der Waals surface area contributed by atoms with Crippen LogP contribution >= 0.6 is 0 Å². The van der Waals surface area contributed by atoms with Crippen molar-refractivity contribution in [3.63, 3.8) is 0 Å². The molecule has 0 spiro atoms. The molecule has 1 amide bonds. The number of amides is 1. The quantitative estimate of drug-likeness (QED) is 0.841. The maximum atomic E-state index is 12.6. The van der Waals surface area contributed by atoms with Gasteiger partial charge in [0.15, 0.2) is 0 Å². The number of unbranched alkanes of at least 4 members (excludes halogenated alkanes) is 1. The van der Waals surface area contributed by atoms with Crippen molar-refractivity contribution < 1.29 is 18.0 Å². The molecular formula is C15H21F3N2O. The van der Waals surface area contributed by atoms with Crippen LogP contribution in [0, 0.1) is 0 Å². The smallest absolute Gasteiger partial charge is 0.330 e. The Hall–Kier alpha value is -1.56. The van der Waals surface area contributed by atoms with Gasteiger partial charge in [-0.05, 0) is 37.1 Å². The fourth-order valence-corrected chi connectivity index (χ4v) is 1.98. The standard InChI is InChI=1S/C15H21F3N2O/c1-2-3-10-20(11-15(16,17)18)14(21)13-6-4-12(5-7-13)8-9-19/h4-7H,2-3,8-11,19H2,1H3. The van der Waals surface area contributed by atoms with E-state index in [1.807, 2.05) is 6.92 Å². The zero-order chi connectivity index (χ0) is 15.9. The Bertz CT molecular complexity index is 443. The van der Waals surface area contributed by atoms with Gasteiger partial charge < -0.3 is 10.6 Å². The Morgan fingerprint density at radius 1 is 1.24 bits per heavy atom. The summed E-state index contributed by atoms with van der Waals surface area (Å²) in [4.78, 5) is 13.1. The minimum absolute atomic E-state index is 0.111. The van der Waals surface area contributed by atoms with E-state index in [2.05, 4.69) is 0 Å². The highest BCUT2D eigenvalue weighted by Gasteiger charge is 2.33. The number of carbonyl (C=O) groups excluding carboxylic acids is 1. The van der Waals surface area contributed by atoms with Crippen molar-refractivity contribution in [3.05, 3.63) is 35.4 Å². The predicted molar refractivity (Wildman–Crippen MR) is 76.1 cm³/mol. The highest BCUT2D eigenvalue weighted by Crippen LogP contribution is 2.19. The molecule has 0 saturated carbocycles. The van der Waals surface area contributed by atoms with Crippen LogP contribution in [0.5, 0.6) is 0 Å². The molecule has 0 bridgehead atoms. The number of halogens is 3. The van der Waals surface area contributed by atoms with Crippen LogP contribution in [0.1, 0.15) is 35.7 Å². The second kappa shape index (κ2) is 8.02. The predicted octanol–water partition coefficient (Wildman–Crippen LogP) is 2.99. The molecule has 0 atom stereocenters. The molecule has 0 unspecified atom stereocenters. The molecule has 0 heterocycles. The molecule has 0 aliphatic heterocycles. The molecule has 3 nitrogen and oxygen atoms in total. The number of alkyl halides is 3. The van der Waals surface area contributed by atoms with Gasteiger partial charge in [-0.1, -0.05) is 25.5 Å². The first-order chi connectivity index (χ1) is 9.87. The van der Waals surface area contributed by atoms with Crippen molar-refractivity contribution in [2.75, 3.05) is 19.6 Å². The Morgan fingerprint density at radius 2 is 1.86 bits per heavy atom.